The summed E-state index contributed by atoms with van der Waals surface area (Å²) >= 11 is 19.9. The van der Waals surface area contributed by atoms with Gasteiger partial charge in [-0.25, -0.2) is 0 Å². The Hall–Kier alpha value is 1.90. The molecule has 25 heavy (non-hydrogen) atoms. The van der Waals surface area contributed by atoms with Gasteiger partial charge in [-0.1, -0.05) is 47.0 Å². The molecule has 0 aliphatic carbocycles. The number of thioether (sulfide) groups is 6. The van der Waals surface area contributed by atoms with Gasteiger partial charge in [0.2, 0.25) is 0 Å². The predicted octanol–water partition coefficient (Wildman–Crippen LogP) is 5.72. The van der Waals surface area contributed by atoms with E-state index < -0.39 is 0 Å². The summed E-state index contributed by atoms with van der Waals surface area (Å²) in [6.07, 6.45) is 0. The third-order valence-corrected chi connectivity index (χ3v) is 12.6. The van der Waals surface area contributed by atoms with Gasteiger partial charge in [-0.3, -0.25) is 0 Å². The molecule has 0 atom stereocenters. The molecule has 3 aliphatic heterocycles. The maximum Gasteiger partial charge on any atom is 0.0717 e. The summed E-state index contributed by atoms with van der Waals surface area (Å²) in [5, 5.41) is 0. The van der Waals surface area contributed by atoms with Gasteiger partial charge in [-0.05, 0) is 0 Å². The summed E-state index contributed by atoms with van der Waals surface area (Å²) in [5.74, 6) is 1.92. The number of hydrogen-bond acceptors (Lipinski definition) is 11. The zero-order valence-corrected chi connectivity index (χ0v) is 19.9. The van der Waals surface area contributed by atoms with Gasteiger partial charge in [0, 0.05) is 11.5 Å². The predicted molar refractivity (Wildman–Crippen MR) is 127 cm³/mol. The molecule has 3 aliphatic rings. The van der Waals surface area contributed by atoms with Crippen molar-refractivity contribution in [2.24, 2.45) is 0 Å². The van der Waals surface area contributed by atoms with Crippen molar-refractivity contribution in [3.05, 3.63) is 25.4 Å². The quantitative estimate of drug-likeness (QED) is 0.414. The first-order chi connectivity index (χ1) is 12.2. The average molecular weight is 491 g/mol. The Morgan fingerprint density at radius 1 is 0.520 bits per heavy atom. The lowest BCUT2D eigenvalue weighted by molar-refractivity contribution is 0.0205. The maximum absolute atomic E-state index is 5.63. The molecule has 0 saturated heterocycles. The maximum atomic E-state index is 5.63. The normalized spacial score (nSPS) is 25.2. The fourth-order valence-corrected chi connectivity index (χ4v) is 11.0. The zero-order valence-electron chi connectivity index (χ0n) is 13.2. The van der Waals surface area contributed by atoms with Crippen LogP contribution >= 0.6 is 95.8 Å². The van der Waals surface area contributed by atoms with Crippen LogP contribution in [0.3, 0.4) is 0 Å². The van der Waals surface area contributed by atoms with Crippen molar-refractivity contribution >= 4 is 95.8 Å². The van der Waals surface area contributed by atoms with Crippen molar-refractivity contribution in [1.82, 2.24) is 0 Å². The van der Waals surface area contributed by atoms with E-state index in [0.29, 0.717) is 26.4 Å². The second kappa shape index (κ2) is 11.8. The molecule has 0 aromatic carbocycles. The van der Waals surface area contributed by atoms with Crippen molar-refractivity contribution in [2.45, 2.75) is 0 Å². The van der Waals surface area contributed by atoms with Crippen LogP contribution in [0.25, 0.3) is 0 Å². The summed E-state index contributed by atoms with van der Waals surface area (Å²) < 4.78 is 24.1. The fourth-order valence-electron chi connectivity index (χ4n) is 1.83. The molecule has 0 bridgehead atoms. The molecule has 0 unspecified atom stereocenters. The lowest BCUT2D eigenvalue weighted by Crippen LogP contribution is -2.11. The summed E-state index contributed by atoms with van der Waals surface area (Å²) in [4.78, 5) is 0. The molecule has 3 nitrogen and oxygen atoms in total. The highest BCUT2D eigenvalue weighted by Gasteiger charge is 2.28. The second-order valence-electron chi connectivity index (χ2n) is 4.70. The third-order valence-electron chi connectivity index (χ3n) is 2.93. The van der Waals surface area contributed by atoms with E-state index in [0.717, 1.165) is 33.2 Å². The van der Waals surface area contributed by atoms with Crippen molar-refractivity contribution in [3.8, 4) is 0 Å². The molecule has 0 amide bonds. The van der Waals surface area contributed by atoms with Crippen LogP contribution in [0.5, 0.6) is 0 Å². The molecular formula is C14H18O3S8. The van der Waals surface area contributed by atoms with Crippen LogP contribution in [0.15, 0.2) is 25.4 Å². The average Bonchev–Trinajstić information content (AvgIpc) is 3.15. The molecular weight excluding hydrogens is 473 g/mol. The van der Waals surface area contributed by atoms with Crippen LogP contribution in [0, 0.1) is 0 Å². The topological polar surface area (TPSA) is 27.7 Å². The van der Waals surface area contributed by atoms with E-state index in [1.54, 1.807) is 23.5 Å². The first-order valence-electron chi connectivity index (χ1n) is 7.55. The molecule has 11 heteroatoms. The van der Waals surface area contributed by atoms with Crippen LogP contribution in [0.4, 0.5) is 0 Å². The smallest absolute Gasteiger partial charge is 0.0717 e. The Bertz CT molecular complexity index is 530. The SMILES string of the molecule is SC1=C(S)SC(=C2SC3=C(SCCOCCOCCOCCS3)S2)S1. The third kappa shape index (κ3) is 7.02. The molecule has 0 spiro atoms. The molecule has 0 N–H and O–H groups in total. The second-order valence-corrected chi connectivity index (χ2v) is 13.5. The van der Waals surface area contributed by atoms with E-state index >= 15 is 0 Å². The zero-order chi connectivity index (χ0) is 17.5. The van der Waals surface area contributed by atoms with E-state index in [2.05, 4.69) is 25.3 Å². The van der Waals surface area contributed by atoms with Crippen LogP contribution in [-0.4, -0.2) is 51.1 Å². The van der Waals surface area contributed by atoms with Gasteiger partial charge in [-0.2, -0.15) is 0 Å². The Morgan fingerprint density at radius 3 is 1.40 bits per heavy atom. The van der Waals surface area contributed by atoms with E-state index in [1.165, 1.54) is 16.9 Å². The van der Waals surface area contributed by atoms with E-state index in [-0.39, 0.29) is 0 Å². The Labute approximate surface area is 185 Å². The van der Waals surface area contributed by atoms with Crippen LogP contribution in [0.2, 0.25) is 0 Å². The van der Waals surface area contributed by atoms with Gasteiger partial charge in [0.15, 0.2) is 0 Å². The monoisotopic (exact) mass is 490 g/mol. The van der Waals surface area contributed by atoms with E-state index in [4.69, 9.17) is 14.2 Å². The largest absolute Gasteiger partial charge is 0.378 e. The van der Waals surface area contributed by atoms with Crippen LogP contribution in [0.1, 0.15) is 0 Å². The van der Waals surface area contributed by atoms with Crippen molar-refractivity contribution < 1.29 is 14.2 Å². The highest BCUT2D eigenvalue weighted by molar-refractivity contribution is 8.43. The minimum atomic E-state index is 0.636. The number of hydrogen-bond donors (Lipinski definition) is 2. The number of ether oxygens (including phenoxy) is 3. The molecule has 0 aromatic rings. The lowest BCUT2D eigenvalue weighted by atomic mass is 10.7. The number of rotatable bonds is 0. The molecule has 3 heterocycles. The Morgan fingerprint density at radius 2 is 0.920 bits per heavy atom. The first-order valence-corrected chi connectivity index (χ1v) is 13.7. The number of thiol groups is 2. The molecule has 3 rings (SSSR count). The molecule has 0 saturated carbocycles. The van der Waals surface area contributed by atoms with Crippen LogP contribution in [-0.2, 0) is 14.2 Å². The Balaban J connectivity index is 1.60. The minimum absolute atomic E-state index is 0.636. The van der Waals surface area contributed by atoms with Gasteiger partial charge in [0.25, 0.3) is 0 Å². The highest BCUT2D eigenvalue weighted by atomic mass is 32.3. The summed E-state index contributed by atoms with van der Waals surface area (Å²) in [5.41, 5.74) is 0. The van der Waals surface area contributed by atoms with Crippen molar-refractivity contribution in [2.75, 3.05) is 51.1 Å². The Kier molecular flexibility index (Phi) is 10.2. The highest BCUT2D eigenvalue weighted by Crippen LogP contribution is 2.64. The molecule has 0 aromatic heterocycles. The lowest BCUT2D eigenvalue weighted by Gasteiger charge is -2.06. The van der Waals surface area contributed by atoms with Gasteiger partial charge < -0.3 is 14.2 Å². The van der Waals surface area contributed by atoms with E-state index in [1.807, 2.05) is 47.0 Å². The van der Waals surface area contributed by atoms with Gasteiger partial charge in [0.05, 0.1) is 65.1 Å². The van der Waals surface area contributed by atoms with Gasteiger partial charge in [0.1, 0.15) is 0 Å². The standard InChI is InChI=1S/C14H18O3S8/c18-9-10(19)23-13(22-9)14-24-11-12(25-14)21-8-6-17-4-2-15-1-3-16-5-7-20-11/h18-19H,1-8H2. The summed E-state index contributed by atoms with van der Waals surface area (Å²) in [7, 11) is 0. The molecule has 0 fully saturated rings. The van der Waals surface area contributed by atoms with Gasteiger partial charge in [-0.15, -0.1) is 48.8 Å². The van der Waals surface area contributed by atoms with Crippen LogP contribution < -0.4 is 0 Å². The van der Waals surface area contributed by atoms with E-state index in [9.17, 15) is 0 Å². The first kappa shape index (κ1) is 21.6. The fraction of sp³-hybridized carbons (Fsp3) is 0.571. The van der Waals surface area contributed by atoms with Crippen molar-refractivity contribution in [1.29, 1.82) is 0 Å². The van der Waals surface area contributed by atoms with Gasteiger partial charge >= 0.3 is 0 Å². The molecule has 0 radical (unpaired) electrons. The minimum Gasteiger partial charge on any atom is -0.378 e. The van der Waals surface area contributed by atoms with Crippen molar-refractivity contribution in [3.63, 3.8) is 0 Å². The molecule has 140 valence electrons. The summed E-state index contributed by atoms with van der Waals surface area (Å²) in [6, 6.07) is 0. The summed E-state index contributed by atoms with van der Waals surface area (Å²) in [6.45, 7) is 4.05.